The Hall–Kier alpha value is -2.78. The van der Waals surface area contributed by atoms with Crippen molar-refractivity contribution >= 4 is 51.1 Å². The molecule has 1 amide bonds. The quantitative estimate of drug-likeness (QED) is 0.445. The third-order valence-electron chi connectivity index (χ3n) is 3.34. The summed E-state index contributed by atoms with van der Waals surface area (Å²) < 4.78 is 3.32. The molecule has 8 nitrogen and oxygen atoms in total. The number of rotatable bonds is 4. The second-order valence-corrected chi connectivity index (χ2v) is 6.10. The van der Waals surface area contributed by atoms with Crippen molar-refractivity contribution in [2.75, 3.05) is 0 Å². The number of para-hydroxylation sites is 1. The van der Waals surface area contributed by atoms with Gasteiger partial charge in [-0.05, 0) is 12.1 Å². The number of fused-ring (bicyclic) bond motifs is 2. The molecule has 0 radical (unpaired) electrons. The predicted octanol–water partition coefficient (Wildman–Crippen LogP) is 1.94. The molecule has 0 bridgehead atoms. The molecule has 0 aliphatic carbocycles. The van der Waals surface area contributed by atoms with E-state index in [9.17, 15) is 4.79 Å². The molecule has 4 aromatic rings. The smallest absolute Gasteiger partial charge is 0.261 e. The van der Waals surface area contributed by atoms with E-state index < -0.39 is 0 Å². The minimum absolute atomic E-state index is 0.0197. The fourth-order valence-electron chi connectivity index (χ4n) is 2.26. The average Bonchev–Trinajstić information content (AvgIpc) is 3.25. The highest BCUT2D eigenvalue weighted by atomic mass is 35.5. The third-order valence-corrected chi connectivity index (χ3v) is 4.38. The van der Waals surface area contributed by atoms with Crippen LogP contribution >= 0.6 is 22.9 Å². The fraction of sp³-hybridized carbons (Fsp3) is 0.0714. The Morgan fingerprint density at radius 1 is 1.42 bits per heavy atom. The van der Waals surface area contributed by atoms with Crippen molar-refractivity contribution in [1.29, 1.82) is 0 Å². The molecule has 0 saturated carbocycles. The van der Waals surface area contributed by atoms with Crippen molar-refractivity contribution in [2.45, 2.75) is 6.54 Å². The first kappa shape index (κ1) is 14.8. The van der Waals surface area contributed by atoms with Gasteiger partial charge in [0.2, 0.25) is 0 Å². The first-order valence-electron chi connectivity index (χ1n) is 6.93. The summed E-state index contributed by atoms with van der Waals surface area (Å²) in [5.74, 6) is -0.316. The van der Waals surface area contributed by atoms with Crippen LogP contribution in [0.15, 0.2) is 40.9 Å². The van der Waals surface area contributed by atoms with E-state index in [1.165, 1.54) is 22.2 Å². The summed E-state index contributed by atoms with van der Waals surface area (Å²) in [6, 6.07) is 7.42. The van der Waals surface area contributed by atoms with Gasteiger partial charge in [-0.15, -0.1) is 16.4 Å². The summed E-state index contributed by atoms with van der Waals surface area (Å²) in [4.78, 5) is 17.0. The molecular weight excluding hydrogens is 350 g/mol. The average molecular weight is 360 g/mol. The number of carbonyl (C=O) groups is 1. The van der Waals surface area contributed by atoms with Crippen LogP contribution in [-0.2, 0) is 11.3 Å². The fourth-order valence-corrected chi connectivity index (χ4v) is 3.25. The van der Waals surface area contributed by atoms with E-state index in [0.717, 1.165) is 16.0 Å². The number of thiazole rings is 1. The summed E-state index contributed by atoms with van der Waals surface area (Å²) in [5.41, 5.74) is 4.59. The van der Waals surface area contributed by atoms with Gasteiger partial charge in [0, 0.05) is 11.6 Å². The number of hydrazone groups is 1. The molecular formula is C14H10ClN7OS. The Kier molecular flexibility index (Phi) is 3.71. The van der Waals surface area contributed by atoms with Crippen LogP contribution in [0.5, 0.6) is 0 Å². The van der Waals surface area contributed by atoms with Crippen LogP contribution in [0.3, 0.4) is 0 Å². The Morgan fingerprint density at radius 3 is 3.21 bits per heavy atom. The third kappa shape index (κ3) is 2.63. The zero-order chi connectivity index (χ0) is 16.5. The number of nitrogens with one attached hydrogen (secondary N) is 1. The summed E-state index contributed by atoms with van der Waals surface area (Å²) in [7, 11) is 0. The number of hydrogen-bond acceptors (Lipinski definition) is 6. The van der Waals surface area contributed by atoms with Gasteiger partial charge in [-0.1, -0.05) is 28.9 Å². The maximum Gasteiger partial charge on any atom is 0.261 e. The van der Waals surface area contributed by atoms with E-state index in [2.05, 4.69) is 25.8 Å². The Bertz CT molecular complexity index is 1060. The van der Waals surface area contributed by atoms with Gasteiger partial charge in [0.25, 0.3) is 5.91 Å². The van der Waals surface area contributed by atoms with Crippen molar-refractivity contribution in [3.05, 3.63) is 46.7 Å². The number of aromatic nitrogens is 5. The Morgan fingerprint density at radius 2 is 2.29 bits per heavy atom. The summed E-state index contributed by atoms with van der Waals surface area (Å²) >= 11 is 7.52. The van der Waals surface area contributed by atoms with Gasteiger partial charge in [-0.3, -0.25) is 9.20 Å². The number of carbonyl (C=O) groups excluding carboxylic acids is 1. The van der Waals surface area contributed by atoms with Gasteiger partial charge in [-0.2, -0.15) is 5.10 Å². The highest BCUT2D eigenvalue weighted by Gasteiger charge is 2.10. The van der Waals surface area contributed by atoms with Crippen LogP contribution in [0.4, 0.5) is 0 Å². The summed E-state index contributed by atoms with van der Waals surface area (Å²) in [6.07, 6.45) is 3.30. The maximum absolute atomic E-state index is 12.0. The number of halogens is 1. The lowest BCUT2D eigenvalue weighted by atomic mass is 10.3. The molecule has 0 spiro atoms. The van der Waals surface area contributed by atoms with Crippen molar-refractivity contribution in [3.63, 3.8) is 0 Å². The first-order chi connectivity index (χ1) is 11.7. The minimum Gasteiger partial charge on any atom is -0.288 e. The van der Waals surface area contributed by atoms with E-state index in [0.29, 0.717) is 10.8 Å². The minimum atomic E-state index is -0.316. The first-order valence-corrected chi connectivity index (χ1v) is 8.19. The lowest BCUT2D eigenvalue weighted by Gasteiger charge is -2.00. The van der Waals surface area contributed by atoms with Gasteiger partial charge in [0.05, 0.1) is 11.7 Å². The number of amides is 1. The van der Waals surface area contributed by atoms with Gasteiger partial charge in [0.15, 0.2) is 10.1 Å². The van der Waals surface area contributed by atoms with E-state index in [1.54, 1.807) is 4.40 Å². The summed E-state index contributed by atoms with van der Waals surface area (Å²) in [6.45, 7) is 0.0197. The standard InChI is InChI=1S/C14H10ClN7OS/c15-13-11(21-5-6-24-14(21)17-13)7-16-19-12(23)8-22-10-4-2-1-3-9(10)18-20-22/h1-7H,8H2,(H,19,23)/b16-7-. The molecule has 10 heteroatoms. The van der Waals surface area contributed by atoms with Crippen LogP contribution in [-0.4, -0.2) is 36.5 Å². The molecule has 3 heterocycles. The lowest BCUT2D eigenvalue weighted by Crippen LogP contribution is -2.23. The van der Waals surface area contributed by atoms with Gasteiger partial charge >= 0.3 is 0 Å². The zero-order valence-electron chi connectivity index (χ0n) is 12.1. The molecule has 0 atom stereocenters. The maximum atomic E-state index is 12.0. The number of imidazole rings is 1. The van der Waals surface area contributed by atoms with E-state index in [-0.39, 0.29) is 12.5 Å². The molecule has 24 heavy (non-hydrogen) atoms. The Labute approximate surface area is 144 Å². The van der Waals surface area contributed by atoms with Gasteiger partial charge < -0.3 is 0 Å². The molecule has 0 fully saturated rings. The number of nitrogens with zero attached hydrogens (tertiary/aromatic N) is 6. The van der Waals surface area contributed by atoms with Crippen LogP contribution in [0.1, 0.15) is 5.69 Å². The van der Waals surface area contributed by atoms with Crippen LogP contribution < -0.4 is 5.43 Å². The molecule has 4 rings (SSSR count). The van der Waals surface area contributed by atoms with Crippen LogP contribution in [0, 0.1) is 0 Å². The van der Waals surface area contributed by atoms with E-state index in [4.69, 9.17) is 11.6 Å². The highest BCUT2D eigenvalue weighted by molar-refractivity contribution is 7.15. The number of hydrogen-bond donors (Lipinski definition) is 1. The lowest BCUT2D eigenvalue weighted by molar-refractivity contribution is -0.121. The van der Waals surface area contributed by atoms with Crippen molar-refractivity contribution in [2.24, 2.45) is 5.10 Å². The molecule has 0 aliphatic rings. The van der Waals surface area contributed by atoms with Gasteiger partial charge in [-0.25, -0.2) is 15.1 Å². The van der Waals surface area contributed by atoms with E-state index >= 15 is 0 Å². The van der Waals surface area contributed by atoms with Crippen molar-refractivity contribution in [1.82, 2.24) is 29.8 Å². The molecule has 3 aromatic heterocycles. The predicted molar refractivity (Wildman–Crippen MR) is 91.3 cm³/mol. The van der Waals surface area contributed by atoms with E-state index in [1.807, 2.05) is 35.8 Å². The second-order valence-electron chi connectivity index (χ2n) is 4.87. The molecule has 1 N–H and O–H groups in total. The van der Waals surface area contributed by atoms with Gasteiger partial charge in [0.1, 0.15) is 17.8 Å². The normalized spacial score (nSPS) is 11.7. The highest BCUT2D eigenvalue weighted by Crippen LogP contribution is 2.19. The second kappa shape index (κ2) is 6.02. The monoisotopic (exact) mass is 359 g/mol. The Balaban J connectivity index is 1.47. The molecule has 1 aromatic carbocycles. The molecule has 0 unspecified atom stereocenters. The van der Waals surface area contributed by atoms with Crippen molar-refractivity contribution in [3.8, 4) is 0 Å². The SMILES string of the molecule is O=C(Cn1nnc2ccccc21)N/N=C\c1c(Cl)nc2sccn12. The number of benzene rings is 1. The molecule has 0 saturated heterocycles. The van der Waals surface area contributed by atoms with Crippen molar-refractivity contribution < 1.29 is 4.79 Å². The van der Waals surface area contributed by atoms with Crippen LogP contribution in [0.25, 0.3) is 16.0 Å². The zero-order valence-corrected chi connectivity index (χ0v) is 13.7. The summed E-state index contributed by atoms with van der Waals surface area (Å²) in [5, 5.41) is 14.1. The topological polar surface area (TPSA) is 89.5 Å². The molecule has 0 aliphatic heterocycles. The molecule has 120 valence electrons. The largest absolute Gasteiger partial charge is 0.288 e. The van der Waals surface area contributed by atoms with Crippen LogP contribution in [0.2, 0.25) is 5.15 Å².